The Labute approximate surface area is 210 Å². The lowest BCUT2D eigenvalue weighted by Gasteiger charge is -2.44. The minimum Gasteiger partial charge on any atom is -0.461 e. The zero-order valence-corrected chi connectivity index (χ0v) is 22.2. The number of aliphatic hydroxyl groups excluding tert-OH is 2. The highest BCUT2D eigenvalue weighted by molar-refractivity contribution is 5.96. The van der Waals surface area contributed by atoms with E-state index in [1.54, 1.807) is 0 Å². The van der Waals surface area contributed by atoms with Crippen molar-refractivity contribution in [2.45, 2.75) is 91.5 Å². The van der Waals surface area contributed by atoms with Gasteiger partial charge in [-0.1, -0.05) is 39.0 Å². The van der Waals surface area contributed by atoms with E-state index in [0.29, 0.717) is 18.8 Å². The van der Waals surface area contributed by atoms with Crippen LogP contribution in [0.4, 0.5) is 0 Å². The maximum absolute atomic E-state index is 12.9. The molecule has 8 heteroatoms. The fourth-order valence-electron chi connectivity index (χ4n) is 5.03. The predicted octanol–water partition coefficient (Wildman–Crippen LogP) is 3.08. The van der Waals surface area contributed by atoms with E-state index < -0.39 is 23.5 Å². The first-order chi connectivity index (χ1) is 16.4. The quantitative estimate of drug-likeness (QED) is 0.211. The molecule has 0 heterocycles. The van der Waals surface area contributed by atoms with Crippen molar-refractivity contribution in [1.82, 2.24) is 5.32 Å². The molecule has 0 aliphatic heterocycles. The number of aliphatic hydroxyl groups is 2. The number of guanidine groups is 1. The Morgan fingerprint density at radius 2 is 1.97 bits per heavy atom. The Morgan fingerprint density at radius 3 is 2.60 bits per heavy atom. The van der Waals surface area contributed by atoms with E-state index in [4.69, 9.17) is 10.5 Å². The molecule has 0 unspecified atom stereocenters. The van der Waals surface area contributed by atoms with Crippen LogP contribution in [0.5, 0.6) is 0 Å². The smallest absolute Gasteiger partial charge is 0.311 e. The molecule has 0 saturated carbocycles. The normalized spacial score (nSPS) is 28.5. The molecular weight excluding hydrogens is 446 g/mol. The highest BCUT2D eigenvalue weighted by Gasteiger charge is 2.42. The minimum atomic E-state index is -0.978. The fraction of sp³-hybridized carbons (Fsp3) is 0.741. The number of amides is 1. The molecule has 5 N–H and O–H groups in total. The van der Waals surface area contributed by atoms with Crippen LogP contribution >= 0.6 is 0 Å². The second-order valence-corrected chi connectivity index (χ2v) is 11.0. The largest absolute Gasteiger partial charge is 0.461 e. The molecule has 0 bridgehead atoms. The molecule has 0 radical (unpaired) electrons. The van der Waals surface area contributed by atoms with Gasteiger partial charge in [-0.2, -0.15) is 0 Å². The van der Waals surface area contributed by atoms with Crippen LogP contribution in [0.3, 0.4) is 0 Å². The number of hydrogen-bond acceptors (Lipinski definition) is 6. The molecular formula is C27H45N3O5. The molecule has 0 fully saturated rings. The van der Waals surface area contributed by atoms with Crippen LogP contribution in [0.15, 0.2) is 28.8 Å². The van der Waals surface area contributed by atoms with Gasteiger partial charge >= 0.3 is 5.97 Å². The lowest BCUT2D eigenvalue weighted by atomic mass is 9.65. The average Bonchev–Trinajstić information content (AvgIpc) is 2.77. The maximum Gasteiger partial charge on any atom is 0.311 e. The van der Waals surface area contributed by atoms with Gasteiger partial charge in [0.05, 0.1) is 24.0 Å². The maximum atomic E-state index is 12.9. The van der Waals surface area contributed by atoms with E-state index in [9.17, 15) is 19.8 Å². The summed E-state index contributed by atoms with van der Waals surface area (Å²) in [6.45, 7) is 10.2. The predicted molar refractivity (Wildman–Crippen MR) is 137 cm³/mol. The van der Waals surface area contributed by atoms with E-state index in [1.807, 2.05) is 20.8 Å². The fourth-order valence-corrected chi connectivity index (χ4v) is 5.03. The summed E-state index contributed by atoms with van der Waals surface area (Å²) >= 11 is 0. The Hall–Kier alpha value is -2.19. The van der Waals surface area contributed by atoms with Crippen LogP contribution in [0, 0.1) is 29.1 Å². The SMILES string of the molecule is CCC(C)(C)C(=O)O[C@H]1C[C@@H](C)C=C2C=C[C@H](C)[C@H](CC[C@@H](O)C[C@@H](O)CC(=O)NC(N)=NC)[C@H]21. The minimum absolute atomic E-state index is 0.00896. The highest BCUT2D eigenvalue weighted by atomic mass is 16.5. The van der Waals surface area contributed by atoms with Crippen LogP contribution in [0.1, 0.15) is 73.1 Å². The van der Waals surface area contributed by atoms with Crippen molar-refractivity contribution in [3.8, 4) is 0 Å². The highest BCUT2D eigenvalue weighted by Crippen LogP contribution is 2.45. The zero-order chi connectivity index (χ0) is 26.3. The Morgan fingerprint density at radius 1 is 1.29 bits per heavy atom. The molecule has 8 nitrogen and oxygen atoms in total. The number of rotatable bonds is 10. The van der Waals surface area contributed by atoms with E-state index in [2.05, 4.69) is 42.4 Å². The third-order valence-electron chi connectivity index (χ3n) is 7.60. The van der Waals surface area contributed by atoms with Crippen LogP contribution in [-0.4, -0.2) is 53.4 Å². The van der Waals surface area contributed by atoms with Gasteiger partial charge in [-0.05, 0) is 69.3 Å². The van der Waals surface area contributed by atoms with Gasteiger partial charge in [0.2, 0.25) is 5.91 Å². The van der Waals surface area contributed by atoms with Crippen LogP contribution in [0.25, 0.3) is 0 Å². The van der Waals surface area contributed by atoms with Crippen molar-refractivity contribution >= 4 is 17.8 Å². The number of nitrogens with one attached hydrogen (secondary N) is 1. The first kappa shape index (κ1) is 29.0. The zero-order valence-electron chi connectivity index (χ0n) is 22.2. The third kappa shape index (κ3) is 8.17. The van der Waals surface area contributed by atoms with Gasteiger partial charge < -0.3 is 20.7 Å². The number of nitrogens with two attached hydrogens (primary N) is 1. The van der Waals surface area contributed by atoms with Crippen LogP contribution < -0.4 is 11.1 Å². The number of nitrogens with zero attached hydrogens (tertiary/aromatic N) is 1. The van der Waals surface area contributed by atoms with E-state index in [-0.39, 0.29) is 48.6 Å². The molecule has 0 aromatic carbocycles. The summed E-state index contributed by atoms with van der Waals surface area (Å²) in [5.74, 6) is 0.273. The standard InChI is InChI=1S/C27H45N3O5/c1-7-27(4,5)25(34)35-22-13-16(2)12-18-9-8-17(3)21(24(18)22)11-10-19(31)14-20(32)15-23(33)30-26(28)29-6/h8-9,12,16-17,19-22,24,31-32H,7,10-11,13-15H2,1-6H3,(H3,28,29,30,33)/t16-,17-,19+,20+,21-,22-,24-/m0/s1. The summed E-state index contributed by atoms with van der Waals surface area (Å²) in [5.41, 5.74) is 6.16. The van der Waals surface area contributed by atoms with Gasteiger partial charge in [0.25, 0.3) is 0 Å². The molecule has 0 aromatic rings. The molecule has 7 atom stereocenters. The first-order valence-electron chi connectivity index (χ1n) is 12.9. The van der Waals surface area contributed by atoms with Gasteiger partial charge in [-0.25, -0.2) is 0 Å². The van der Waals surface area contributed by atoms with Crippen molar-refractivity contribution in [3.63, 3.8) is 0 Å². The molecule has 0 aromatic heterocycles. The average molecular weight is 492 g/mol. The number of ether oxygens (including phenoxy) is 1. The number of fused-ring (bicyclic) bond motifs is 1. The van der Waals surface area contributed by atoms with Gasteiger partial charge in [-0.15, -0.1) is 0 Å². The van der Waals surface area contributed by atoms with Gasteiger partial charge in [0.15, 0.2) is 5.96 Å². The van der Waals surface area contributed by atoms with Crippen LogP contribution in [-0.2, 0) is 14.3 Å². The number of aliphatic imine (C=N–C) groups is 1. The molecule has 0 spiro atoms. The van der Waals surface area contributed by atoms with E-state index in [1.165, 1.54) is 12.6 Å². The van der Waals surface area contributed by atoms with E-state index >= 15 is 0 Å². The number of esters is 1. The molecule has 0 saturated heterocycles. The number of allylic oxidation sites excluding steroid dienone is 3. The number of carbonyl (C=O) groups excluding carboxylic acids is 2. The number of carbonyl (C=O) groups is 2. The van der Waals surface area contributed by atoms with Crippen molar-refractivity contribution in [3.05, 3.63) is 23.8 Å². The lowest BCUT2D eigenvalue weighted by molar-refractivity contribution is -0.164. The van der Waals surface area contributed by atoms with Crippen LogP contribution in [0.2, 0.25) is 0 Å². The number of hydrogen-bond donors (Lipinski definition) is 4. The van der Waals surface area contributed by atoms with Gasteiger partial charge in [0.1, 0.15) is 6.10 Å². The lowest BCUT2D eigenvalue weighted by Crippen LogP contribution is -2.43. The van der Waals surface area contributed by atoms with Crippen molar-refractivity contribution in [2.24, 2.45) is 39.8 Å². The summed E-state index contributed by atoms with van der Waals surface area (Å²) < 4.78 is 6.14. The summed E-state index contributed by atoms with van der Waals surface area (Å²) in [5, 5.41) is 23.2. The third-order valence-corrected chi connectivity index (χ3v) is 7.60. The molecule has 1 amide bonds. The summed E-state index contributed by atoms with van der Waals surface area (Å²) in [4.78, 5) is 28.5. The Balaban J connectivity index is 2.04. The second kappa shape index (κ2) is 12.7. The van der Waals surface area contributed by atoms with Crippen molar-refractivity contribution in [2.75, 3.05) is 7.05 Å². The van der Waals surface area contributed by atoms with Crippen molar-refractivity contribution in [1.29, 1.82) is 0 Å². The van der Waals surface area contributed by atoms with Crippen molar-refractivity contribution < 1.29 is 24.5 Å². The van der Waals surface area contributed by atoms with Gasteiger partial charge in [-0.3, -0.25) is 19.9 Å². The van der Waals surface area contributed by atoms with E-state index in [0.717, 1.165) is 12.8 Å². The molecule has 35 heavy (non-hydrogen) atoms. The topological polar surface area (TPSA) is 134 Å². The molecule has 2 aliphatic carbocycles. The molecule has 2 rings (SSSR count). The monoisotopic (exact) mass is 491 g/mol. The first-order valence-corrected chi connectivity index (χ1v) is 12.9. The Bertz CT molecular complexity index is 835. The Kier molecular flexibility index (Phi) is 10.5. The molecule has 2 aliphatic rings. The second-order valence-electron chi connectivity index (χ2n) is 11.0. The molecule has 198 valence electrons. The van der Waals surface area contributed by atoms with Gasteiger partial charge in [0, 0.05) is 13.0 Å². The summed E-state index contributed by atoms with van der Waals surface area (Å²) in [6, 6.07) is 0. The summed E-state index contributed by atoms with van der Waals surface area (Å²) in [7, 11) is 1.46. The summed E-state index contributed by atoms with van der Waals surface area (Å²) in [6.07, 6.45) is 7.37.